The molecule has 0 unspecified atom stereocenters. The molecule has 14 heavy (non-hydrogen) atoms. The number of nitrogens with two attached hydrogens (primary N) is 2. The molecular weight excluding hydrogens is 176 g/mol. The summed E-state index contributed by atoms with van der Waals surface area (Å²) in [6, 6.07) is 3.60. The third-order valence-electron chi connectivity index (χ3n) is 1.99. The highest BCUT2D eigenvalue weighted by atomic mass is 15.0. The number of hydrogen-bond donors (Lipinski definition) is 3. The Bertz CT molecular complexity index is 296. The van der Waals surface area contributed by atoms with Crippen LogP contribution < -0.4 is 16.8 Å². The van der Waals surface area contributed by atoms with Crippen LogP contribution in [0.5, 0.6) is 0 Å². The van der Waals surface area contributed by atoms with Gasteiger partial charge in [-0.3, -0.25) is 0 Å². The maximum atomic E-state index is 5.58. The Labute approximate surface area is 84.7 Å². The van der Waals surface area contributed by atoms with Gasteiger partial charge < -0.3 is 16.8 Å². The molecule has 0 aromatic carbocycles. The molecule has 1 rings (SSSR count). The lowest BCUT2D eigenvalue weighted by molar-refractivity contribution is 0.606. The van der Waals surface area contributed by atoms with E-state index in [1.54, 1.807) is 6.07 Å². The highest BCUT2D eigenvalue weighted by molar-refractivity contribution is 5.61. The summed E-state index contributed by atoms with van der Waals surface area (Å²) in [5.74, 6) is 1.87. The van der Waals surface area contributed by atoms with E-state index in [9.17, 15) is 0 Å². The van der Waals surface area contributed by atoms with Crippen LogP contribution in [0.4, 0.5) is 17.3 Å². The van der Waals surface area contributed by atoms with Gasteiger partial charge in [0.2, 0.25) is 0 Å². The van der Waals surface area contributed by atoms with Crippen LogP contribution in [0.1, 0.15) is 20.3 Å². The molecule has 78 valence electrons. The molecule has 0 aliphatic carbocycles. The third kappa shape index (κ3) is 3.12. The van der Waals surface area contributed by atoms with Crippen LogP contribution in [0.3, 0.4) is 0 Å². The van der Waals surface area contributed by atoms with Gasteiger partial charge in [-0.1, -0.05) is 13.8 Å². The number of hydrogen-bond acceptors (Lipinski definition) is 4. The second kappa shape index (κ2) is 4.69. The van der Waals surface area contributed by atoms with Gasteiger partial charge in [0.15, 0.2) is 0 Å². The molecule has 1 aromatic rings. The van der Waals surface area contributed by atoms with E-state index >= 15 is 0 Å². The third-order valence-corrected chi connectivity index (χ3v) is 1.99. The van der Waals surface area contributed by atoms with Crippen LogP contribution in [0.15, 0.2) is 12.1 Å². The molecule has 0 atom stereocenters. The Morgan fingerprint density at radius 1 is 1.36 bits per heavy atom. The second-order valence-corrected chi connectivity index (χ2v) is 3.78. The van der Waals surface area contributed by atoms with Crippen molar-refractivity contribution in [2.75, 3.05) is 23.3 Å². The smallest absolute Gasteiger partial charge is 0.149 e. The molecule has 0 amide bonds. The van der Waals surface area contributed by atoms with Gasteiger partial charge in [-0.25, -0.2) is 4.98 Å². The lowest BCUT2D eigenvalue weighted by Crippen LogP contribution is -2.07. The fraction of sp³-hybridized carbons (Fsp3) is 0.500. The maximum absolute atomic E-state index is 5.58. The SMILES string of the molecule is CC(C)CCNc1ccc(N)c(N)n1. The van der Waals surface area contributed by atoms with E-state index in [1.165, 1.54) is 0 Å². The Morgan fingerprint density at radius 2 is 2.07 bits per heavy atom. The summed E-state index contributed by atoms with van der Waals surface area (Å²) in [5, 5.41) is 3.20. The van der Waals surface area contributed by atoms with Gasteiger partial charge in [-0.15, -0.1) is 0 Å². The molecule has 4 heteroatoms. The van der Waals surface area contributed by atoms with Crippen molar-refractivity contribution < 1.29 is 0 Å². The Hall–Kier alpha value is -1.45. The number of rotatable bonds is 4. The molecule has 0 fully saturated rings. The Kier molecular flexibility index (Phi) is 3.56. The van der Waals surface area contributed by atoms with Gasteiger partial charge in [0.25, 0.3) is 0 Å². The zero-order valence-electron chi connectivity index (χ0n) is 8.75. The first-order chi connectivity index (χ1) is 6.59. The summed E-state index contributed by atoms with van der Waals surface area (Å²) in [4.78, 5) is 4.11. The monoisotopic (exact) mass is 194 g/mol. The minimum Gasteiger partial charge on any atom is -0.396 e. The average molecular weight is 194 g/mol. The molecular formula is C10H18N4. The van der Waals surface area contributed by atoms with Crippen molar-refractivity contribution in [2.24, 2.45) is 5.92 Å². The van der Waals surface area contributed by atoms with Crippen molar-refractivity contribution in [3.8, 4) is 0 Å². The number of nitrogens with one attached hydrogen (secondary N) is 1. The standard InChI is InChI=1S/C10H18N4/c1-7(2)5-6-13-9-4-3-8(11)10(12)14-9/h3-4,7H,5-6,11H2,1-2H3,(H3,12,13,14). The quantitative estimate of drug-likeness (QED) is 0.682. The first kappa shape index (κ1) is 10.6. The van der Waals surface area contributed by atoms with Gasteiger partial charge in [-0.2, -0.15) is 0 Å². The zero-order chi connectivity index (χ0) is 10.6. The van der Waals surface area contributed by atoms with Crippen LogP contribution in [0.2, 0.25) is 0 Å². The van der Waals surface area contributed by atoms with Crippen LogP contribution in [-0.2, 0) is 0 Å². The number of nitrogens with zero attached hydrogens (tertiary/aromatic N) is 1. The molecule has 0 saturated heterocycles. The van der Waals surface area contributed by atoms with E-state index < -0.39 is 0 Å². The van der Waals surface area contributed by atoms with Crippen LogP contribution in [0, 0.1) is 5.92 Å². The van der Waals surface area contributed by atoms with Crippen LogP contribution in [0.25, 0.3) is 0 Å². The summed E-state index contributed by atoms with van der Waals surface area (Å²) < 4.78 is 0. The van der Waals surface area contributed by atoms with Gasteiger partial charge in [-0.05, 0) is 24.5 Å². The summed E-state index contributed by atoms with van der Waals surface area (Å²) in [6.45, 7) is 5.28. The van der Waals surface area contributed by atoms with E-state index in [4.69, 9.17) is 11.5 Å². The molecule has 5 N–H and O–H groups in total. The molecule has 0 aliphatic heterocycles. The Morgan fingerprint density at radius 3 is 2.64 bits per heavy atom. The fourth-order valence-corrected chi connectivity index (χ4v) is 1.07. The minimum atomic E-state index is 0.388. The van der Waals surface area contributed by atoms with Gasteiger partial charge in [0.05, 0.1) is 5.69 Å². The van der Waals surface area contributed by atoms with Gasteiger partial charge >= 0.3 is 0 Å². The molecule has 1 aromatic heterocycles. The zero-order valence-corrected chi connectivity index (χ0v) is 8.75. The Balaban J connectivity index is 2.47. The van der Waals surface area contributed by atoms with Crippen molar-refractivity contribution in [2.45, 2.75) is 20.3 Å². The van der Waals surface area contributed by atoms with Gasteiger partial charge in [0.1, 0.15) is 11.6 Å². The molecule has 0 saturated carbocycles. The van der Waals surface area contributed by atoms with E-state index in [0.29, 0.717) is 17.4 Å². The molecule has 0 radical (unpaired) electrons. The topological polar surface area (TPSA) is 77.0 Å². The predicted octanol–water partition coefficient (Wildman–Crippen LogP) is 1.70. The number of pyridine rings is 1. The van der Waals surface area contributed by atoms with E-state index in [1.807, 2.05) is 6.07 Å². The maximum Gasteiger partial charge on any atom is 0.149 e. The van der Waals surface area contributed by atoms with Gasteiger partial charge in [0, 0.05) is 6.54 Å². The molecule has 4 nitrogen and oxygen atoms in total. The van der Waals surface area contributed by atoms with Crippen LogP contribution >= 0.6 is 0 Å². The van der Waals surface area contributed by atoms with Crippen molar-refractivity contribution in [3.63, 3.8) is 0 Å². The molecule has 0 bridgehead atoms. The molecule has 0 spiro atoms. The molecule has 0 aliphatic rings. The second-order valence-electron chi connectivity index (χ2n) is 3.78. The average Bonchev–Trinajstić information content (AvgIpc) is 2.10. The first-order valence-corrected chi connectivity index (χ1v) is 4.85. The normalized spacial score (nSPS) is 10.5. The number of anilines is 3. The number of aromatic nitrogens is 1. The fourth-order valence-electron chi connectivity index (χ4n) is 1.07. The predicted molar refractivity (Wildman–Crippen MR) is 61.0 cm³/mol. The van der Waals surface area contributed by atoms with Crippen molar-refractivity contribution in [3.05, 3.63) is 12.1 Å². The van der Waals surface area contributed by atoms with E-state index in [2.05, 4.69) is 24.1 Å². The lowest BCUT2D eigenvalue weighted by atomic mass is 10.1. The summed E-state index contributed by atoms with van der Waals surface area (Å²) in [6.07, 6.45) is 1.12. The molecule has 1 heterocycles. The van der Waals surface area contributed by atoms with Crippen molar-refractivity contribution in [1.29, 1.82) is 0 Å². The minimum absolute atomic E-state index is 0.388. The summed E-state index contributed by atoms with van der Waals surface area (Å²) in [5.41, 5.74) is 11.7. The van der Waals surface area contributed by atoms with E-state index in [-0.39, 0.29) is 0 Å². The van der Waals surface area contributed by atoms with Crippen molar-refractivity contribution >= 4 is 17.3 Å². The highest BCUT2D eigenvalue weighted by Gasteiger charge is 1.99. The summed E-state index contributed by atoms with van der Waals surface area (Å²) in [7, 11) is 0. The van der Waals surface area contributed by atoms with Crippen LogP contribution in [-0.4, -0.2) is 11.5 Å². The first-order valence-electron chi connectivity index (χ1n) is 4.85. The largest absolute Gasteiger partial charge is 0.396 e. The summed E-state index contributed by atoms with van der Waals surface area (Å²) >= 11 is 0. The van der Waals surface area contributed by atoms with E-state index in [0.717, 1.165) is 18.8 Å². The lowest BCUT2D eigenvalue weighted by Gasteiger charge is -2.08. The van der Waals surface area contributed by atoms with Crippen molar-refractivity contribution in [1.82, 2.24) is 4.98 Å². The highest BCUT2D eigenvalue weighted by Crippen LogP contribution is 2.14. The number of nitrogen functional groups attached to an aromatic ring is 2.